The molecule has 2 aromatic rings. The number of carbonyl (C=O) groups is 2. The van der Waals surface area contributed by atoms with Crippen LogP contribution in [-0.4, -0.2) is 50.4 Å². The molecular weight excluding hydrogens is 478 g/mol. The van der Waals surface area contributed by atoms with E-state index in [0.717, 1.165) is 74.5 Å². The van der Waals surface area contributed by atoms with E-state index >= 15 is 0 Å². The zero-order valence-electron chi connectivity index (χ0n) is 21.8. The van der Waals surface area contributed by atoms with E-state index in [1.54, 1.807) is 0 Å². The fraction of sp³-hybridized carbons (Fsp3) is 0.630. The van der Waals surface area contributed by atoms with Crippen LogP contribution in [0.1, 0.15) is 82.6 Å². The number of piperidine rings is 1. The number of hydrogen-bond acceptors (Lipinski definition) is 5. The highest BCUT2D eigenvalue weighted by Gasteiger charge is 2.31. The van der Waals surface area contributed by atoms with Crippen LogP contribution in [0.5, 0.6) is 0 Å². The van der Waals surface area contributed by atoms with Crippen molar-refractivity contribution in [3.8, 4) is 0 Å². The average Bonchev–Trinajstić information content (AvgIpc) is 3.58. The predicted octanol–water partition coefficient (Wildman–Crippen LogP) is 5.73. The number of anilines is 1. The van der Waals surface area contributed by atoms with Gasteiger partial charge in [0.25, 0.3) is 0 Å². The number of nitrogens with one attached hydrogen (secondary N) is 1. The molecule has 1 aliphatic carbocycles. The molecule has 1 aliphatic heterocycles. The molecule has 1 saturated heterocycles. The lowest BCUT2D eigenvalue weighted by Crippen LogP contribution is -2.43. The quantitative estimate of drug-likeness (QED) is 0.485. The van der Waals surface area contributed by atoms with Crippen molar-refractivity contribution in [3.63, 3.8) is 0 Å². The minimum absolute atomic E-state index is 0.0586. The van der Waals surface area contributed by atoms with Gasteiger partial charge >= 0.3 is 6.09 Å². The van der Waals surface area contributed by atoms with Gasteiger partial charge in [0.05, 0.1) is 0 Å². The number of halogens is 1. The van der Waals surface area contributed by atoms with Gasteiger partial charge in [-0.1, -0.05) is 17.7 Å². The molecule has 1 aromatic heterocycles. The molecular formula is C27H38ClN5O3. The Bertz CT molecular complexity index is 1090. The molecule has 1 atom stereocenters. The molecule has 2 amide bonds. The second-order valence-corrected chi connectivity index (χ2v) is 11.5. The number of aromatic nitrogens is 3. The monoisotopic (exact) mass is 515 g/mol. The maximum atomic E-state index is 12.6. The van der Waals surface area contributed by atoms with Crippen LogP contribution in [0.25, 0.3) is 0 Å². The van der Waals surface area contributed by atoms with E-state index in [-0.39, 0.29) is 12.0 Å². The molecule has 9 heteroatoms. The zero-order valence-corrected chi connectivity index (χ0v) is 22.6. The van der Waals surface area contributed by atoms with E-state index in [9.17, 15) is 9.59 Å². The summed E-state index contributed by atoms with van der Waals surface area (Å²) in [5.41, 5.74) is 1.12. The first-order valence-corrected chi connectivity index (χ1v) is 13.4. The van der Waals surface area contributed by atoms with Crippen molar-refractivity contribution in [3.05, 3.63) is 40.4 Å². The lowest BCUT2D eigenvalue weighted by Gasteiger charge is -2.34. The second-order valence-electron chi connectivity index (χ2n) is 11.1. The van der Waals surface area contributed by atoms with Crippen molar-refractivity contribution in [1.82, 2.24) is 19.7 Å². The number of carbonyl (C=O) groups excluding carboxylic acids is 2. The average molecular weight is 516 g/mol. The third kappa shape index (κ3) is 6.99. The van der Waals surface area contributed by atoms with Gasteiger partial charge in [0, 0.05) is 49.1 Å². The highest BCUT2D eigenvalue weighted by molar-refractivity contribution is 6.31. The second kappa shape index (κ2) is 11.2. The van der Waals surface area contributed by atoms with Crippen LogP contribution in [0.2, 0.25) is 5.02 Å². The Labute approximate surface area is 218 Å². The normalized spacial score (nSPS) is 18.2. The van der Waals surface area contributed by atoms with E-state index < -0.39 is 5.60 Å². The minimum atomic E-state index is -0.481. The van der Waals surface area contributed by atoms with Gasteiger partial charge in [-0.2, -0.15) is 0 Å². The van der Waals surface area contributed by atoms with Crippen molar-refractivity contribution >= 4 is 29.3 Å². The molecule has 36 heavy (non-hydrogen) atoms. The van der Waals surface area contributed by atoms with Crippen LogP contribution in [0, 0.1) is 12.8 Å². The highest BCUT2D eigenvalue weighted by Crippen LogP contribution is 2.37. The van der Waals surface area contributed by atoms with Gasteiger partial charge in [0.1, 0.15) is 17.2 Å². The summed E-state index contributed by atoms with van der Waals surface area (Å²) >= 11 is 6.17. The summed E-state index contributed by atoms with van der Waals surface area (Å²) < 4.78 is 7.82. The molecule has 2 fully saturated rings. The SMILES string of the molecule is Cc1c(Cl)cccc1NC(=O)CCc1nnc(CCC2CCCN(C(=O)OC(C)(C)C)C2)n1C1CC1. The number of amides is 2. The fourth-order valence-electron chi connectivity index (χ4n) is 4.76. The van der Waals surface area contributed by atoms with E-state index in [1.807, 2.05) is 50.8 Å². The molecule has 0 radical (unpaired) electrons. The third-order valence-electron chi connectivity index (χ3n) is 6.81. The summed E-state index contributed by atoms with van der Waals surface area (Å²) in [4.78, 5) is 27.0. The van der Waals surface area contributed by atoms with Gasteiger partial charge < -0.3 is 19.5 Å². The lowest BCUT2D eigenvalue weighted by atomic mass is 9.93. The van der Waals surface area contributed by atoms with Crippen molar-refractivity contribution in [2.45, 2.75) is 90.7 Å². The molecule has 1 N–H and O–H groups in total. The van der Waals surface area contributed by atoms with Gasteiger partial charge in [-0.05, 0) is 83.4 Å². The molecule has 2 aliphatic rings. The molecule has 1 unspecified atom stereocenters. The van der Waals surface area contributed by atoms with E-state index in [1.165, 1.54) is 0 Å². The first-order valence-electron chi connectivity index (χ1n) is 13.1. The van der Waals surface area contributed by atoms with Crippen LogP contribution < -0.4 is 5.32 Å². The number of aryl methyl sites for hydroxylation is 2. The molecule has 0 bridgehead atoms. The summed E-state index contributed by atoms with van der Waals surface area (Å²) in [5, 5.41) is 12.6. The van der Waals surface area contributed by atoms with Crippen molar-refractivity contribution in [2.24, 2.45) is 5.92 Å². The Morgan fingerprint density at radius 1 is 1.14 bits per heavy atom. The topological polar surface area (TPSA) is 89.3 Å². The Morgan fingerprint density at radius 3 is 2.56 bits per heavy atom. The summed E-state index contributed by atoms with van der Waals surface area (Å²) in [6.45, 7) is 9.07. The van der Waals surface area contributed by atoms with Crippen LogP contribution in [-0.2, 0) is 22.4 Å². The highest BCUT2D eigenvalue weighted by atomic mass is 35.5. The maximum Gasteiger partial charge on any atom is 0.410 e. The number of rotatable bonds is 8. The van der Waals surface area contributed by atoms with Crippen LogP contribution in [0.4, 0.5) is 10.5 Å². The Morgan fingerprint density at radius 2 is 1.86 bits per heavy atom. The van der Waals surface area contributed by atoms with Gasteiger partial charge in [-0.15, -0.1) is 10.2 Å². The van der Waals surface area contributed by atoms with Crippen LogP contribution >= 0.6 is 11.6 Å². The number of ether oxygens (including phenoxy) is 1. The largest absolute Gasteiger partial charge is 0.444 e. The maximum absolute atomic E-state index is 12.6. The summed E-state index contributed by atoms with van der Waals surface area (Å²) in [6.07, 6.45) is 6.79. The Kier molecular flexibility index (Phi) is 8.23. The van der Waals surface area contributed by atoms with Crippen molar-refractivity contribution < 1.29 is 14.3 Å². The Hall–Kier alpha value is -2.61. The number of likely N-dealkylation sites (tertiary alicyclic amines) is 1. The third-order valence-corrected chi connectivity index (χ3v) is 7.22. The van der Waals surface area contributed by atoms with E-state index in [4.69, 9.17) is 16.3 Å². The van der Waals surface area contributed by atoms with Crippen LogP contribution in [0.3, 0.4) is 0 Å². The van der Waals surface area contributed by atoms with Crippen LogP contribution in [0.15, 0.2) is 18.2 Å². The molecule has 0 spiro atoms. The smallest absolute Gasteiger partial charge is 0.410 e. The number of nitrogens with zero attached hydrogens (tertiary/aromatic N) is 4. The first kappa shape index (κ1) is 26.5. The summed E-state index contributed by atoms with van der Waals surface area (Å²) in [7, 11) is 0. The minimum Gasteiger partial charge on any atom is -0.444 e. The molecule has 1 aromatic carbocycles. The van der Waals surface area contributed by atoms with E-state index in [0.29, 0.717) is 29.8 Å². The van der Waals surface area contributed by atoms with Crippen molar-refractivity contribution in [1.29, 1.82) is 0 Å². The lowest BCUT2D eigenvalue weighted by molar-refractivity contribution is -0.116. The van der Waals surface area contributed by atoms with Gasteiger partial charge in [-0.25, -0.2) is 4.79 Å². The van der Waals surface area contributed by atoms with Gasteiger partial charge in [0.2, 0.25) is 5.91 Å². The number of benzene rings is 1. The summed E-state index contributed by atoms with van der Waals surface area (Å²) in [6, 6.07) is 5.95. The van der Waals surface area contributed by atoms with Gasteiger partial charge in [0.15, 0.2) is 0 Å². The molecule has 8 nitrogen and oxygen atoms in total. The fourth-order valence-corrected chi connectivity index (χ4v) is 4.94. The van der Waals surface area contributed by atoms with E-state index in [2.05, 4.69) is 20.1 Å². The first-order chi connectivity index (χ1) is 17.1. The predicted molar refractivity (Wildman–Crippen MR) is 140 cm³/mol. The summed E-state index contributed by atoms with van der Waals surface area (Å²) in [5.74, 6) is 2.24. The van der Waals surface area contributed by atoms with Crippen molar-refractivity contribution in [2.75, 3.05) is 18.4 Å². The zero-order chi connectivity index (χ0) is 25.9. The molecule has 4 rings (SSSR count). The Balaban J connectivity index is 1.32. The number of hydrogen-bond donors (Lipinski definition) is 1. The molecule has 196 valence electrons. The van der Waals surface area contributed by atoms with Gasteiger partial charge in [-0.3, -0.25) is 4.79 Å². The molecule has 2 heterocycles. The molecule has 1 saturated carbocycles. The standard InChI is InChI=1S/C27H38ClN5O3/c1-18-21(28)8-5-9-22(18)29-25(34)15-14-24-31-30-23(33(24)20-11-12-20)13-10-19-7-6-16-32(17-19)26(35)36-27(2,3)4/h5,8-9,19-20H,6-7,10-17H2,1-4H3,(H,29,34).